The van der Waals surface area contributed by atoms with Crippen molar-refractivity contribution >= 4 is 11.5 Å². The Bertz CT molecular complexity index is 314. The van der Waals surface area contributed by atoms with Gasteiger partial charge in [-0.25, -0.2) is 4.98 Å². The molecule has 0 atom stereocenters. The Morgan fingerprint density at radius 1 is 1.47 bits per heavy atom. The summed E-state index contributed by atoms with van der Waals surface area (Å²) in [6, 6.07) is 0. The predicted octanol–water partition coefficient (Wildman–Crippen LogP) is 1.53. The summed E-state index contributed by atoms with van der Waals surface area (Å²) in [4.78, 5) is 8.02. The molecule has 3 N–H and O–H groups in total. The minimum atomic E-state index is 0.443. The Kier molecular flexibility index (Phi) is 4.15. The van der Waals surface area contributed by atoms with Gasteiger partial charge in [-0.05, 0) is 12.8 Å². The summed E-state index contributed by atoms with van der Waals surface area (Å²) < 4.78 is 5.27. The predicted molar refractivity (Wildman–Crippen MR) is 60.9 cm³/mol. The number of hydrogen-bond donors (Lipinski definition) is 2. The smallest absolute Gasteiger partial charge is 0.242 e. The van der Waals surface area contributed by atoms with E-state index >= 15 is 0 Å². The van der Waals surface area contributed by atoms with E-state index in [2.05, 4.69) is 29.1 Å². The summed E-state index contributed by atoms with van der Waals surface area (Å²) in [5, 5.41) is 3.16. The minimum Gasteiger partial charge on any atom is -0.476 e. The Morgan fingerprint density at radius 3 is 2.80 bits per heavy atom. The van der Waals surface area contributed by atoms with E-state index in [4.69, 9.17) is 10.5 Å². The molecule has 0 unspecified atom stereocenters. The SMILES string of the molecule is CCOc1ncnc(NCC(C)C)c1N. The molecule has 0 aromatic carbocycles. The summed E-state index contributed by atoms with van der Waals surface area (Å²) in [5.41, 5.74) is 6.32. The normalized spacial score (nSPS) is 10.4. The third-order valence-corrected chi connectivity index (χ3v) is 1.81. The fraction of sp³-hybridized carbons (Fsp3) is 0.600. The Morgan fingerprint density at radius 2 is 2.20 bits per heavy atom. The fourth-order valence-electron chi connectivity index (χ4n) is 1.07. The number of nitrogens with one attached hydrogen (secondary N) is 1. The number of rotatable bonds is 5. The molecule has 0 spiro atoms. The zero-order valence-corrected chi connectivity index (χ0v) is 9.45. The molecule has 5 nitrogen and oxygen atoms in total. The number of anilines is 2. The Labute approximate surface area is 90.1 Å². The first-order valence-corrected chi connectivity index (χ1v) is 5.12. The van der Waals surface area contributed by atoms with Crippen molar-refractivity contribution in [3.05, 3.63) is 6.33 Å². The molecule has 0 fully saturated rings. The second kappa shape index (κ2) is 5.38. The molecule has 0 amide bonds. The van der Waals surface area contributed by atoms with Gasteiger partial charge in [0.15, 0.2) is 5.82 Å². The maximum Gasteiger partial charge on any atom is 0.242 e. The third kappa shape index (κ3) is 3.27. The highest BCUT2D eigenvalue weighted by Gasteiger charge is 2.08. The van der Waals surface area contributed by atoms with Gasteiger partial charge in [-0.3, -0.25) is 0 Å². The number of ether oxygens (including phenoxy) is 1. The van der Waals surface area contributed by atoms with Crippen LogP contribution in [0.15, 0.2) is 6.33 Å². The fourth-order valence-corrected chi connectivity index (χ4v) is 1.07. The van der Waals surface area contributed by atoms with Gasteiger partial charge in [0.1, 0.15) is 12.0 Å². The van der Waals surface area contributed by atoms with Crippen molar-refractivity contribution in [3.8, 4) is 5.88 Å². The molecule has 0 aliphatic rings. The van der Waals surface area contributed by atoms with E-state index in [1.54, 1.807) is 0 Å². The molecule has 0 saturated heterocycles. The van der Waals surface area contributed by atoms with Gasteiger partial charge in [0, 0.05) is 6.54 Å². The van der Waals surface area contributed by atoms with E-state index in [-0.39, 0.29) is 0 Å². The van der Waals surface area contributed by atoms with Crippen LogP contribution in [-0.2, 0) is 0 Å². The van der Waals surface area contributed by atoms with Crippen molar-refractivity contribution in [2.45, 2.75) is 20.8 Å². The van der Waals surface area contributed by atoms with Crippen molar-refractivity contribution in [2.24, 2.45) is 5.92 Å². The highest BCUT2D eigenvalue weighted by molar-refractivity contribution is 5.66. The second-order valence-corrected chi connectivity index (χ2v) is 3.65. The topological polar surface area (TPSA) is 73.1 Å². The van der Waals surface area contributed by atoms with Gasteiger partial charge in [-0.1, -0.05) is 13.8 Å². The lowest BCUT2D eigenvalue weighted by Crippen LogP contribution is -2.12. The molecule has 0 saturated carbocycles. The van der Waals surface area contributed by atoms with Crippen LogP contribution in [0.25, 0.3) is 0 Å². The standard InChI is InChI=1S/C10H18N4O/c1-4-15-10-8(11)9(13-6-14-10)12-5-7(2)3/h6-7H,4-5,11H2,1-3H3,(H,12,13,14). The van der Waals surface area contributed by atoms with Crippen LogP contribution in [0, 0.1) is 5.92 Å². The van der Waals surface area contributed by atoms with E-state index in [0.29, 0.717) is 29.9 Å². The van der Waals surface area contributed by atoms with Crippen LogP contribution in [0.5, 0.6) is 5.88 Å². The second-order valence-electron chi connectivity index (χ2n) is 3.65. The molecule has 0 aliphatic carbocycles. The summed E-state index contributed by atoms with van der Waals surface area (Å²) in [7, 11) is 0. The quantitative estimate of drug-likeness (QED) is 0.771. The van der Waals surface area contributed by atoms with E-state index in [1.807, 2.05) is 6.92 Å². The van der Waals surface area contributed by atoms with Crippen LogP contribution in [0.2, 0.25) is 0 Å². The maximum atomic E-state index is 5.84. The molecule has 84 valence electrons. The van der Waals surface area contributed by atoms with E-state index in [1.165, 1.54) is 6.33 Å². The number of nitrogens with two attached hydrogens (primary N) is 1. The van der Waals surface area contributed by atoms with Crippen LogP contribution in [0.4, 0.5) is 11.5 Å². The largest absolute Gasteiger partial charge is 0.476 e. The van der Waals surface area contributed by atoms with Gasteiger partial charge in [0.25, 0.3) is 0 Å². The number of nitrogens with zero attached hydrogens (tertiary/aromatic N) is 2. The molecule has 5 heteroatoms. The molecule has 1 rings (SSSR count). The van der Waals surface area contributed by atoms with Gasteiger partial charge in [0.05, 0.1) is 6.61 Å². The minimum absolute atomic E-state index is 0.443. The van der Waals surface area contributed by atoms with Crippen molar-refractivity contribution in [1.29, 1.82) is 0 Å². The van der Waals surface area contributed by atoms with Crippen molar-refractivity contribution in [2.75, 3.05) is 24.2 Å². The first kappa shape index (κ1) is 11.6. The van der Waals surface area contributed by atoms with Gasteiger partial charge in [-0.15, -0.1) is 0 Å². The average molecular weight is 210 g/mol. The maximum absolute atomic E-state index is 5.84. The lowest BCUT2D eigenvalue weighted by Gasteiger charge is -2.12. The molecule has 0 aliphatic heterocycles. The van der Waals surface area contributed by atoms with Crippen LogP contribution >= 0.6 is 0 Å². The first-order valence-electron chi connectivity index (χ1n) is 5.12. The molecular formula is C10H18N4O. The van der Waals surface area contributed by atoms with Gasteiger partial charge >= 0.3 is 0 Å². The Balaban J connectivity index is 2.75. The number of aromatic nitrogens is 2. The van der Waals surface area contributed by atoms with Gasteiger partial charge in [-0.2, -0.15) is 4.98 Å². The summed E-state index contributed by atoms with van der Waals surface area (Å²) >= 11 is 0. The molecule has 1 heterocycles. The molecule has 15 heavy (non-hydrogen) atoms. The zero-order valence-electron chi connectivity index (χ0n) is 9.45. The average Bonchev–Trinajstić information content (AvgIpc) is 2.19. The molecular weight excluding hydrogens is 192 g/mol. The van der Waals surface area contributed by atoms with Crippen LogP contribution in [-0.4, -0.2) is 23.1 Å². The van der Waals surface area contributed by atoms with Crippen LogP contribution in [0.1, 0.15) is 20.8 Å². The molecule has 0 bridgehead atoms. The molecule has 1 aromatic rings. The summed E-state index contributed by atoms with van der Waals surface area (Å²) in [6.07, 6.45) is 1.45. The Hall–Kier alpha value is -1.52. The summed E-state index contributed by atoms with van der Waals surface area (Å²) in [6.45, 7) is 7.50. The number of nitrogen functional groups attached to an aromatic ring is 1. The monoisotopic (exact) mass is 210 g/mol. The summed E-state index contributed by atoms with van der Waals surface area (Å²) in [5.74, 6) is 1.62. The molecule has 1 aromatic heterocycles. The van der Waals surface area contributed by atoms with E-state index in [9.17, 15) is 0 Å². The number of hydrogen-bond acceptors (Lipinski definition) is 5. The third-order valence-electron chi connectivity index (χ3n) is 1.81. The first-order chi connectivity index (χ1) is 7.15. The van der Waals surface area contributed by atoms with E-state index < -0.39 is 0 Å². The zero-order chi connectivity index (χ0) is 11.3. The van der Waals surface area contributed by atoms with E-state index in [0.717, 1.165) is 6.54 Å². The highest BCUT2D eigenvalue weighted by Crippen LogP contribution is 2.24. The lowest BCUT2D eigenvalue weighted by atomic mass is 10.2. The van der Waals surface area contributed by atoms with Crippen molar-refractivity contribution in [3.63, 3.8) is 0 Å². The lowest BCUT2D eigenvalue weighted by molar-refractivity contribution is 0.328. The highest BCUT2D eigenvalue weighted by atomic mass is 16.5. The van der Waals surface area contributed by atoms with Gasteiger partial charge < -0.3 is 15.8 Å². The van der Waals surface area contributed by atoms with Crippen molar-refractivity contribution < 1.29 is 4.74 Å². The van der Waals surface area contributed by atoms with Crippen LogP contribution in [0.3, 0.4) is 0 Å². The van der Waals surface area contributed by atoms with Crippen LogP contribution < -0.4 is 15.8 Å². The van der Waals surface area contributed by atoms with Gasteiger partial charge in [0.2, 0.25) is 5.88 Å². The van der Waals surface area contributed by atoms with Crippen molar-refractivity contribution in [1.82, 2.24) is 9.97 Å². The molecule has 0 radical (unpaired) electrons.